The maximum Gasteiger partial charge on any atom is 0.269 e. The molecule has 1 unspecified atom stereocenters. The van der Waals surface area contributed by atoms with Gasteiger partial charge >= 0.3 is 0 Å². The largest absolute Gasteiger partial charge is 0.491 e. The summed E-state index contributed by atoms with van der Waals surface area (Å²) in [7, 11) is 0. The molecule has 0 bridgehead atoms. The zero-order valence-electron chi connectivity index (χ0n) is 16.1. The van der Waals surface area contributed by atoms with E-state index in [1.54, 1.807) is 30.3 Å². The lowest BCUT2D eigenvalue weighted by Gasteiger charge is -2.24. The van der Waals surface area contributed by atoms with Gasteiger partial charge in [-0.1, -0.05) is 6.07 Å². The highest BCUT2D eigenvalue weighted by atomic mass is 19.1. The van der Waals surface area contributed by atoms with Gasteiger partial charge in [0.2, 0.25) is 0 Å². The molecule has 1 amide bonds. The number of carbonyl (C=O) groups excluding carboxylic acids is 1. The summed E-state index contributed by atoms with van der Waals surface area (Å²) in [5.41, 5.74) is 1.53. The monoisotopic (exact) mass is 424 g/mol. The molecule has 0 saturated heterocycles. The van der Waals surface area contributed by atoms with Crippen molar-refractivity contribution in [1.29, 1.82) is 0 Å². The Bertz CT molecular complexity index is 1120. The predicted octanol–water partition coefficient (Wildman–Crippen LogP) is 4.30. The number of fused-ring (bicyclic) bond motifs is 1. The molecule has 1 heterocycles. The van der Waals surface area contributed by atoms with Gasteiger partial charge in [-0.25, -0.2) is 4.39 Å². The number of nitrogens with zero attached hydrogens (tertiary/aromatic N) is 1. The van der Waals surface area contributed by atoms with E-state index >= 15 is 0 Å². The summed E-state index contributed by atoms with van der Waals surface area (Å²) in [6, 6.07) is 16.3. The number of nitro groups is 1. The summed E-state index contributed by atoms with van der Waals surface area (Å²) in [5, 5.41) is 13.4. The number of nitrogens with one attached hydrogen (secondary N) is 1. The topological polar surface area (TPSA) is 99.9 Å². The maximum atomic E-state index is 13.3. The number of anilines is 1. The Morgan fingerprint density at radius 3 is 2.71 bits per heavy atom. The molecule has 31 heavy (non-hydrogen) atoms. The fourth-order valence-corrected chi connectivity index (χ4v) is 3.06. The molecule has 9 heteroatoms. The average Bonchev–Trinajstić information content (AvgIpc) is 2.77. The lowest BCUT2D eigenvalue weighted by Crippen LogP contribution is -2.30. The Kier molecular flexibility index (Phi) is 5.76. The van der Waals surface area contributed by atoms with Gasteiger partial charge in [0.05, 0.1) is 4.92 Å². The number of rotatable bonds is 6. The fourth-order valence-electron chi connectivity index (χ4n) is 3.06. The first kappa shape index (κ1) is 20.3. The minimum absolute atomic E-state index is 0.0598. The highest BCUT2D eigenvalue weighted by molar-refractivity contribution is 6.04. The number of hydrogen-bond donors (Lipinski definition) is 1. The van der Waals surface area contributed by atoms with E-state index in [-0.39, 0.29) is 18.2 Å². The van der Waals surface area contributed by atoms with E-state index in [9.17, 15) is 19.3 Å². The second-order valence-corrected chi connectivity index (χ2v) is 6.85. The van der Waals surface area contributed by atoms with Crippen LogP contribution in [0.15, 0.2) is 66.7 Å². The molecular formula is C22H17FN2O6. The summed E-state index contributed by atoms with van der Waals surface area (Å²) >= 11 is 0. The van der Waals surface area contributed by atoms with Crippen LogP contribution in [-0.4, -0.2) is 23.5 Å². The molecule has 0 fully saturated rings. The van der Waals surface area contributed by atoms with E-state index in [4.69, 9.17) is 14.5 Å². The predicted molar refractivity (Wildman–Crippen MR) is 109 cm³/mol. The summed E-state index contributed by atoms with van der Waals surface area (Å²) in [5.74, 6) is 0.113. The van der Waals surface area contributed by atoms with Gasteiger partial charge in [-0.3, -0.25) is 14.9 Å². The van der Waals surface area contributed by atoms with E-state index < -0.39 is 16.8 Å². The molecule has 4 rings (SSSR count). The van der Waals surface area contributed by atoms with Crippen molar-refractivity contribution in [3.8, 4) is 11.5 Å². The van der Waals surface area contributed by atoms with Crippen LogP contribution in [0.1, 0.15) is 15.9 Å². The number of carbonyl (C=O) groups is 1. The Hall–Kier alpha value is -3.98. The van der Waals surface area contributed by atoms with Crippen molar-refractivity contribution in [1.82, 2.24) is 0 Å². The first-order chi connectivity index (χ1) is 15.0. The number of non-ortho nitro benzene ring substituents is 1. The normalized spacial score (nSPS) is 14.8. The summed E-state index contributed by atoms with van der Waals surface area (Å²) in [4.78, 5) is 33.4. The van der Waals surface area contributed by atoms with E-state index in [0.29, 0.717) is 29.2 Å². The van der Waals surface area contributed by atoms with Gasteiger partial charge in [0, 0.05) is 41.4 Å². The van der Waals surface area contributed by atoms with Gasteiger partial charge in [0.25, 0.3) is 11.6 Å². The first-order valence-corrected chi connectivity index (χ1v) is 9.38. The van der Waals surface area contributed by atoms with Crippen LogP contribution in [0.4, 0.5) is 15.8 Å². The van der Waals surface area contributed by atoms with Gasteiger partial charge < -0.3 is 14.9 Å². The summed E-state index contributed by atoms with van der Waals surface area (Å²) in [6.07, 6.45) is -0.00714. The molecule has 1 aliphatic rings. The molecule has 0 saturated carbocycles. The van der Waals surface area contributed by atoms with Crippen molar-refractivity contribution in [3.05, 3.63) is 93.8 Å². The van der Waals surface area contributed by atoms with Crippen molar-refractivity contribution in [3.63, 3.8) is 0 Å². The van der Waals surface area contributed by atoms with Gasteiger partial charge in [0.1, 0.15) is 24.3 Å². The Balaban J connectivity index is 1.40. The van der Waals surface area contributed by atoms with Crippen LogP contribution >= 0.6 is 0 Å². The first-order valence-electron chi connectivity index (χ1n) is 9.38. The van der Waals surface area contributed by atoms with Crippen molar-refractivity contribution in [2.24, 2.45) is 0 Å². The van der Waals surface area contributed by atoms with Crippen LogP contribution in [0.3, 0.4) is 0 Å². The van der Waals surface area contributed by atoms with Crippen LogP contribution < -0.4 is 14.9 Å². The number of ether oxygens (including phenoxy) is 1. The highest BCUT2D eigenvalue weighted by Crippen LogP contribution is 2.28. The molecule has 0 radical (unpaired) electrons. The third-order valence-corrected chi connectivity index (χ3v) is 4.61. The van der Waals surface area contributed by atoms with E-state index in [1.165, 1.54) is 36.4 Å². The number of benzene rings is 3. The fraction of sp³-hybridized carbons (Fsp3) is 0.136. The maximum absolute atomic E-state index is 13.3. The second kappa shape index (κ2) is 8.80. The molecule has 1 N–H and O–H groups in total. The van der Waals surface area contributed by atoms with Gasteiger partial charge in [-0.15, -0.1) is 0 Å². The summed E-state index contributed by atoms with van der Waals surface area (Å²) < 4.78 is 18.8. The second-order valence-electron chi connectivity index (χ2n) is 6.85. The standard InChI is InChI=1S/C22H17FN2O6/c23-16-2-1-3-19(12-16)29-13-20-11-15-10-14(4-9-21(15)31-30-20)22(26)24-17-5-7-18(8-6-17)25(27)28/h1-10,12,20H,11,13H2,(H,24,26). The van der Waals surface area contributed by atoms with E-state index in [1.807, 2.05) is 0 Å². The van der Waals surface area contributed by atoms with Crippen LogP contribution in [0.25, 0.3) is 0 Å². The molecule has 1 atom stereocenters. The quantitative estimate of drug-likeness (QED) is 0.360. The number of hydrogen-bond acceptors (Lipinski definition) is 6. The summed E-state index contributed by atoms with van der Waals surface area (Å²) in [6.45, 7) is 0.141. The third-order valence-electron chi connectivity index (χ3n) is 4.61. The van der Waals surface area contributed by atoms with Crippen LogP contribution in [0.2, 0.25) is 0 Å². The molecular weight excluding hydrogens is 407 g/mol. The lowest BCUT2D eigenvalue weighted by atomic mass is 10.0. The van der Waals surface area contributed by atoms with Crippen molar-refractivity contribution in [2.75, 3.05) is 11.9 Å². The van der Waals surface area contributed by atoms with E-state index in [0.717, 1.165) is 5.56 Å². The van der Waals surface area contributed by atoms with Gasteiger partial charge in [0.15, 0.2) is 5.75 Å². The van der Waals surface area contributed by atoms with Crippen molar-refractivity contribution < 1.29 is 28.6 Å². The average molecular weight is 424 g/mol. The van der Waals surface area contributed by atoms with Crippen molar-refractivity contribution in [2.45, 2.75) is 12.5 Å². The van der Waals surface area contributed by atoms with Crippen LogP contribution in [0.5, 0.6) is 11.5 Å². The number of amides is 1. The minimum atomic E-state index is -0.508. The van der Waals surface area contributed by atoms with Crippen molar-refractivity contribution >= 4 is 17.3 Å². The molecule has 8 nitrogen and oxygen atoms in total. The van der Waals surface area contributed by atoms with Gasteiger partial charge in [-0.2, -0.15) is 4.89 Å². The van der Waals surface area contributed by atoms with Crippen LogP contribution in [-0.2, 0) is 11.3 Å². The highest BCUT2D eigenvalue weighted by Gasteiger charge is 2.24. The number of nitro benzene ring substituents is 1. The Morgan fingerprint density at radius 2 is 1.97 bits per heavy atom. The SMILES string of the molecule is O=C(Nc1ccc([N+](=O)[O-])cc1)c1ccc2c(c1)CC(COc1cccc(F)c1)OO2. The third kappa shape index (κ3) is 4.96. The van der Waals surface area contributed by atoms with E-state index in [2.05, 4.69) is 5.32 Å². The smallest absolute Gasteiger partial charge is 0.269 e. The Labute approximate surface area is 176 Å². The zero-order chi connectivity index (χ0) is 21.8. The minimum Gasteiger partial charge on any atom is -0.491 e. The zero-order valence-corrected chi connectivity index (χ0v) is 16.1. The molecule has 158 valence electrons. The molecule has 0 aliphatic carbocycles. The van der Waals surface area contributed by atoms with Crippen LogP contribution in [0, 0.1) is 15.9 Å². The molecule has 1 aliphatic heterocycles. The Morgan fingerprint density at radius 1 is 1.16 bits per heavy atom. The lowest BCUT2D eigenvalue weighted by molar-refractivity contribution is -0.384. The number of halogens is 1. The molecule has 0 aromatic heterocycles. The molecule has 3 aromatic carbocycles. The van der Waals surface area contributed by atoms with Gasteiger partial charge in [-0.05, 0) is 42.5 Å². The molecule has 3 aromatic rings. The molecule has 0 spiro atoms.